The van der Waals surface area contributed by atoms with Gasteiger partial charge in [0, 0.05) is 43.9 Å². The molecule has 3 rings (SSSR count). The van der Waals surface area contributed by atoms with Gasteiger partial charge in [0.2, 0.25) is 11.8 Å². The van der Waals surface area contributed by atoms with Gasteiger partial charge >= 0.3 is 0 Å². The molecular formula is C21H29N3O2. The number of rotatable bonds is 6. The third-order valence-corrected chi connectivity index (χ3v) is 5.18. The first-order chi connectivity index (χ1) is 12.7. The number of likely N-dealkylation sites (tertiary alicyclic amines) is 1. The third kappa shape index (κ3) is 4.94. The van der Waals surface area contributed by atoms with Crippen LogP contribution in [0.4, 0.5) is 5.69 Å². The minimum absolute atomic E-state index is 0.0299. The molecule has 140 valence electrons. The Balaban J connectivity index is 1.47. The van der Waals surface area contributed by atoms with Crippen molar-refractivity contribution in [1.82, 2.24) is 10.2 Å². The lowest BCUT2D eigenvalue weighted by Gasteiger charge is -2.31. The second-order valence-electron chi connectivity index (χ2n) is 7.20. The highest BCUT2D eigenvalue weighted by Crippen LogP contribution is 2.21. The van der Waals surface area contributed by atoms with Crippen LogP contribution in [0.5, 0.6) is 0 Å². The van der Waals surface area contributed by atoms with Crippen molar-refractivity contribution in [1.29, 1.82) is 0 Å². The Morgan fingerprint density at radius 3 is 2.54 bits per heavy atom. The molecular weight excluding hydrogens is 326 g/mol. The summed E-state index contributed by atoms with van der Waals surface area (Å²) in [4.78, 5) is 28.2. The van der Waals surface area contributed by atoms with Crippen LogP contribution in [0.15, 0.2) is 30.3 Å². The van der Waals surface area contributed by atoms with Gasteiger partial charge in [0.05, 0.1) is 0 Å². The number of hydrogen-bond donors (Lipinski definition) is 1. The van der Waals surface area contributed by atoms with Crippen molar-refractivity contribution in [3.63, 3.8) is 0 Å². The highest BCUT2D eigenvalue weighted by atomic mass is 16.2. The molecule has 0 radical (unpaired) electrons. The minimum atomic E-state index is -0.0299. The second kappa shape index (κ2) is 8.99. The Labute approximate surface area is 156 Å². The van der Waals surface area contributed by atoms with Crippen molar-refractivity contribution in [3.05, 3.63) is 35.9 Å². The Morgan fingerprint density at radius 1 is 1.19 bits per heavy atom. The van der Waals surface area contributed by atoms with Gasteiger partial charge in [-0.3, -0.25) is 9.59 Å². The summed E-state index contributed by atoms with van der Waals surface area (Å²) in [5, 5.41) is 3.11. The van der Waals surface area contributed by atoms with Gasteiger partial charge in [0.25, 0.3) is 0 Å². The fraction of sp³-hybridized carbons (Fsp3) is 0.524. The van der Waals surface area contributed by atoms with E-state index >= 15 is 0 Å². The first-order valence-corrected chi connectivity index (χ1v) is 9.77. The molecule has 26 heavy (non-hydrogen) atoms. The summed E-state index contributed by atoms with van der Waals surface area (Å²) in [5.41, 5.74) is 1.90. The van der Waals surface area contributed by atoms with Crippen LogP contribution in [-0.2, 0) is 9.59 Å². The largest absolute Gasteiger partial charge is 0.350 e. The normalized spacial score (nSPS) is 19.4. The van der Waals surface area contributed by atoms with Gasteiger partial charge in [0.15, 0.2) is 0 Å². The van der Waals surface area contributed by atoms with Gasteiger partial charge in [0.1, 0.15) is 0 Å². The van der Waals surface area contributed by atoms with E-state index in [0.717, 1.165) is 56.7 Å². The lowest BCUT2D eigenvalue weighted by Crippen LogP contribution is -2.44. The molecule has 2 aliphatic rings. The predicted molar refractivity (Wildman–Crippen MR) is 105 cm³/mol. The van der Waals surface area contributed by atoms with Gasteiger partial charge in [-0.15, -0.1) is 0 Å². The van der Waals surface area contributed by atoms with E-state index in [1.54, 1.807) is 6.08 Å². The van der Waals surface area contributed by atoms with Gasteiger partial charge in [-0.25, -0.2) is 0 Å². The standard InChI is InChI=1S/C21H29N3O2/c1-2-13-23-15-11-18(12-16-23)22-20(25)10-7-17-5-8-19(9-6-17)24-14-3-4-21(24)26/h5-10,18H,2-4,11-16H2,1H3,(H,22,25)/b10-7+. The average molecular weight is 355 g/mol. The number of hydrogen-bond acceptors (Lipinski definition) is 3. The number of carbonyl (C=O) groups excluding carboxylic acids is 2. The Morgan fingerprint density at radius 2 is 1.92 bits per heavy atom. The number of anilines is 1. The number of amides is 2. The van der Waals surface area contributed by atoms with Crippen LogP contribution >= 0.6 is 0 Å². The first kappa shape index (κ1) is 18.6. The topological polar surface area (TPSA) is 52.7 Å². The molecule has 1 N–H and O–H groups in total. The number of carbonyl (C=O) groups is 2. The lowest BCUT2D eigenvalue weighted by molar-refractivity contribution is -0.118. The van der Waals surface area contributed by atoms with E-state index in [0.29, 0.717) is 6.42 Å². The highest BCUT2D eigenvalue weighted by molar-refractivity contribution is 5.95. The minimum Gasteiger partial charge on any atom is -0.350 e. The van der Waals surface area contributed by atoms with E-state index in [9.17, 15) is 9.59 Å². The number of nitrogens with one attached hydrogen (secondary N) is 1. The van der Waals surface area contributed by atoms with Crippen molar-refractivity contribution >= 4 is 23.6 Å². The van der Waals surface area contributed by atoms with E-state index in [4.69, 9.17) is 0 Å². The number of benzene rings is 1. The SMILES string of the molecule is CCCN1CCC(NC(=O)/C=C/c2ccc(N3CCCC3=O)cc2)CC1. The molecule has 5 nitrogen and oxygen atoms in total. The molecule has 0 atom stereocenters. The molecule has 2 aliphatic heterocycles. The van der Waals surface area contributed by atoms with Crippen LogP contribution in [0.25, 0.3) is 6.08 Å². The summed E-state index contributed by atoms with van der Waals surface area (Å²) in [6.07, 6.45) is 8.24. The summed E-state index contributed by atoms with van der Waals surface area (Å²) >= 11 is 0. The van der Waals surface area contributed by atoms with E-state index in [-0.39, 0.29) is 17.9 Å². The van der Waals surface area contributed by atoms with Crippen molar-refractivity contribution in [2.24, 2.45) is 0 Å². The molecule has 0 aliphatic carbocycles. The lowest BCUT2D eigenvalue weighted by atomic mass is 10.0. The van der Waals surface area contributed by atoms with Crippen LogP contribution in [0.1, 0.15) is 44.6 Å². The van der Waals surface area contributed by atoms with Gasteiger partial charge in [-0.1, -0.05) is 19.1 Å². The zero-order chi connectivity index (χ0) is 18.4. The molecule has 1 aromatic rings. The zero-order valence-electron chi connectivity index (χ0n) is 15.6. The molecule has 1 aromatic carbocycles. The molecule has 2 heterocycles. The maximum atomic E-state index is 12.1. The second-order valence-corrected chi connectivity index (χ2v) is 7.20. The molecule has 0 aromatic heterocycles. The fourth-order valence-corrected chi connectivity index (χ4v) is 3.72. The average Bonchev–Trinajstić information content (AvgIpc) is 3.08. The van der Waals surface area contributed by atoms with Crippen LogP contribution < -0.4 is 10.2 Å². The zero-order valence-corrected chi connectivity index (χ0v) is 15.6. The fourth-order valence-electron chi connectivity index (χ4n) is 3.72. The highest BCUT2D eigenvalue weighted by Gasteiger charge is 2.21. The van der Waals surface area contributed by atoms with Crippen LogP contribution in [0.3, 0.4) is 0 Å². The van der Waals surface area contributed by atoms with Gasteiger partial charge in [-0.05, 0) is 56.0 Å². The Kier molecular flexibility index (Phi) is 6.45. The summed E-state index contributed by atoms with van der Waals surface area (Å²) in [6, 6.07) is 8.08. The summed E-state index contributed by atoms with van der Waals surface area (Å²) < 4.78 is 0. The molecule has 0 saturated carbocycles. The predicted octanol–water partition coefficient (Wildman–Crippen LogP) is 2.82. The number of piperidine rings is 1. The summed E-state index contributed by atoms with van der Waals surface area (Å²) in [7, 11) is 0. The van der Waals surface area contributed by atoms with Crippen molar-refractivity contribution < 1.29 is 9.59 Å². The van der Waals surface area contributed by atoms with Crippen molar-refractivity contribution in [2.75, 3.05) is 31.1 Å². The molecule has 0 bridgehead atoms. The molecule has 5 heteroatoms. The third-order valence-electron chi connectivity index (χ3n) is 5.18. The smallest absolute Gasteiger partial charge is 0.244 e. The molecule has 2 amide bonds. The van der Waals surface area contributed by atoms with Crippen LogP contribution in [-0.4, -0.2) is 48.9 Å². The monoisotopic (exact) mass is 355 g/mol. The Hall–Kier alpha value is -2.14. The van der Waals surface area contributed by atoms with E-state index < -0.39 is 0 Å². The maximum Gasteiger partial charge on any atom is 0.244 e. The molecule has 0 spiro atoms. The summed E-state index contributed by atoms with van der Waals surface area (Å²) in [6.45, 7) is 6.29. The van der Waals surface area contributed by atoms with E-state index in [1.807, 2.05) is 35.2 Å². The van der Waals surface area contributed by atoms with Crippen molar-refractivity contribution in [2.45, 2.75) is 45.1 Å². The summed E-state index contributed by atoms with van der Waals surface area (Å²) in [5.74, 6) is 0.162. The van der Waals surface area contributed by atoms with E-state index in [2.05, 4.69) is 17.1 Å². The van der Waals surface area contributed by atoms with Crippen LogP contribution in [0.2, 0.25) is 0 Å². The quantitative estimate of drug-likeness (QED) is 0.799. The van der Waals surface area contributed by atoms with Gasteiger partial charge < -0.3 is 15.1 Å². The van der Waals surface area contributed by atoms with Crippen LogP contribution in [0, 0.1) is 0 Å². The number of nitrogens with zero attached hydrogens (tertiary/aromatic N) is 2. The van der Waals surface area contributed by atoms with Gasteiger partial charge in [-0.2, -0.15) is 0 Å². The molecule has 2 fully saturated rings. The van der Waals surface area contributed by atoms with E-state index in [1.165, 1.54) is 6.42 Å². The van der Waals surface area contributed by atoms with Crippen molar-refractivity contribution in [3.8, 4) is 0 Å². The Bertz CT molecular complexity index is 646. The first-order valence-electron chi connectivity index (χ1n) is 9.77. The molecule has 2 saturated heterocycles. The molecule has 0 unspecified atom stereocenters. The maximum absolute atomic E-state index is 12.1.